The Bertz CT molecular complexity index is 1220. The van der Waals surface area contributed by atoms with Crippen LogP contribution in [0.4, 0.5) is 5.69 Å². The number of methoxy groups -OCH3 is 1. The van der Waals surface area contributed by atoms with Crippen molar-refractivity contribution in [2.75, 3.05) is 18.6 Å². The van der Waals surface area contributed by atoms with Crippen LogP contribution in [0.15, 0.2) is 48.7 Å². The number of anilines is 1. The summed E-state index contributed by atoms with van der Waals surface area (Å²) in [5, 5.41) is 5.12. The number of benzene rings is 2. The first-order valence-electron chi connectivity index (χ1n) is 10.9. The molecular weight excluding hydrogens is 458 g/mol. The molecule has 2 aromatic carbocycles. The highest BCUT2D eigenvalue weighted by molar-refractivity contribution is 6.30. The highest BCUT2D eigenvalue weighted by Crippen LogP contribution is 2.36. The maximum Gasteiger partial charge on any atom is 0.306 e. The highest BCUT2D eigenvalue weighted by Gasteiger charge is 2.33. The second-order valence-electron chi connectivity index (χ2n) is 8.53. The molecule has 4 rings (SSSR count). The summed E-state index contributed by atoms with van der Waals surface area (Å²) in [5.74, 6) is 0.481. The first-order valence-corrected chi connectivity index (χ1v) is 11.3. The van der Waals surface area contributed by atoms with Gasteiger partial charge in [0.15, 0.2) is 17.2 Å². The summed E-state index contributed by atoms with van der Waals surface area (Å²) in [5.41, 5.74) is 1.95. The van der Waals surface area contributed by atoms with E-state index in [2.05, 4.69) is 5.10 Å². The summed E-state index contributed by atoms with van der Waals surface area (Å²) in [7, 11) is 1.53. The summed E-state index contributed by atoms with van der Waals surface area (Å²) < 4.78 is 18.4. The Morgan fingerprint density at radius 3 is 2.47 bits per heavy atom. The lowest BCUT2D eigenvalue weighted by atomic mass is 10.1. The highest BCUT2D eigenvalue weighted by atomic mass is 35.5. The van der Waals surface area contributed by atoms with Gasteiger partial charge in [0, 0.05) is 35.0 Å². The second-order valence-corrected chi connectivity index (χ2v) is 8.96. The molecule has 34 heavy (non-hydrogen) atoms. The number of aromatic nitrogens is 2. The third-order valence-corrected chi connectivity index (χ3v) is 5.62. The normalized spacial score (nSPS) is 13.1. The number of halogens is 1. The van der Waals surface area contributed by atoms with Crippen LogP contribution in [0.25, 0.3) is 5.69 Å². The number of carbonyl (C=O) groups excluding carboxylic acids is 2. The summed E-state index contributed by atoms with van der Waals surface area (Å²) in [4.78, 5) is 26.3. The number of hydrogen-bond donors (Lipinski definition) is 0. The van der Waals surface area contributed by atoms with Crippen molar-refractivity contribution in [1.82, 2.24) is 9.78 Å². The van der Waals surface area contributed by atoms with Crippen molar-refractivity contribution < 1.29 is 23.8 Å². The van der Waals surface area contributed by atoms with Crippen LogP contribution < -0.4 is 14.4 Å². The number of nitrogens with zero attached hydrogens (tertiary/aromatic N) is 3. The monoisotopic (exact) mass is 483 g/mol. The van der Waals surface area contributed by atoms with Crippen LogP contribution in [0.5, 0.6) is 11.5 Å². The van der Waals surface area contributed by atoms with Crippen molar-refractivity contribution >= 4 is 29.2 Å². The number of amides is 1. The maximum absolute atomic E-state index is 13.1. The number of rotatable bonds is 8. The van der Waals surface area contributed by atoms with Crippen LogP contribution in [-0.4, -0.2) is 41.0 Å². The molecule has 0 radical (unpaired) electrons. The largest absolute Gasteiger partial charge is 0.493 e. The van der Waals surface area contributed by atoms with Gasteiger partial charge in [-0.05, 0) is 50.2 Å². The van der Waals surface area contributed by atoms with Gasteiger partial charge in [-0.15, -0.1) is 0 Å². The Kier molecular flexibility index (Phi) is 6.52. The SMILES string of the molecule is CCC(=O)OC(C)(C)COc1ccc(N2Cc3cn(-c4ccc(Cl)cc4)nc3C2=O)cc1OC. The van der Waals surface area contributed by atoms with Crippen molar-refractivity contribution in [3.8, 4) is 17.2 Å². The predicted octanol–water partition coefficient (Wildman–Crippen LogP) is 4.81. The van der Waals surface area contributed by atoms with Crippen LogP contribution in [0.1, 0.15) is 43.2 Å². The molecule has 1 aliphatic heterocycles. The minimum atomic E-state index is -0.792. The molecule has 0 atom stereocenters. The van der Waals surface area contributed by atoms with Gasteiger partial charge in [-0.2, -0.15) is 5.10 Å². The Morgan fingerprint density at radius 1 is 1.12 bits per heavy atom. The molecule has 0 saturated carbocycles. The summed E-state index contributed by atoms with van der Waals surface area (Å²) in [6.45, 7) is 5.85. The molecule has 1 aromatic heterocycles. The maximum atomic E-state index is 13.1. The molecular formula is C25H26ClN3O5. The van der Waals surface area contributed by atoms with Crippen LogP contribution in [-0.2, 0) is 16.1 Å². The zero-order valence-electron chi connectivity index (χ0n) is 19.5. The molecule has 0 unspecified atom stereocenters. The number of hydrogen-bond acceptors (Lipinski definition) is 6. The molecule has 0 aliphatic carbocycles. The summed E-state index contributed by atoms with van der Waals surface area (Å²) >= 11 is 5.96. The van der Waals surface area contributed by atoms with E-state index < -0.39 is 5.60 Å². The van der Waals surface area contributed by atoms with Gasteiger partial charge in [0.25, 0.3) is 5.91 Å². The zero-order valence-corrected chi connectivity index (χ0v) is 20.3. The van der Waals surface area contributed by atoms with Crippen LogP contribution >= 0.6 is 11.6 Å². The van der Waals surface area contributed by atoms with Crippen molar-refractivity contribution in [1.29, 1.82) is 0 Å². The van der Waals surface area contributed by atoms with Crippen molar-refractivity contribution in [2.45, 2.75) is 39.3 Å². The van der Waals surface area contributed by atoms with E-state index in [0.717, 1.165) is 11.3 Å². The van der Waals surface area contributed by atoms with E-state index in [0.29, 0.717) is 40.9 Å². The minimum Gasteiger partial charge on any atom is -0.493 e. The minimum absolute atomic E-state index is 0.154. The lowest BCUT2D eigenvalue weighted by Crippen LogP contribution is -2.34. The average molecular weight is 484 g/mol. The molecule has 0 bridgehead atoms. The average Bonchev–Trinajstić information content (AvgIpc) is 3.37. The topological polar surface area (TPSA) is 82.9 Å². The van der Waals surface area contributed by atoms with Crippen LogP contribution in [0, 0.1) is 0 Å². The van der Waals surface area contributed by atoms with Crippen LogP contribution in [0.3, 0.4) is 0 Å². The molecule has 9 heteroatoms. The molecule has 0 saturated heterocycles. The van der Waals surface area contributed by atoms with Gasteiger partial charge >= 0.3 is 5.97 Å². The molecule has 8 nitrogen and oxygen atoms in total. The van der Waals surface area contributed by atoms with E-state index in [1.54, 1.807) is 60.7 Å². The van der Waals surface area contributed by atoms with Gasteiger partial charge in [0.05, 0.1) is 19.3 Å². The third kappa shape index (κ3) is 4.87. The van der Waals surface area contributed by atoms with Gasteiger partial charge in [0.1, 0.15) is 12.2 Å². The molecule has 1 aliphatic rings. The quantitative estimate of drug-likeness (QED) is 0.428. The van der Waals surface area contributed by atoms with Gasteiger partial charge in [-0.25, -0.2) is 4.68 Å². The second kappa shape index (κ2) is 9.38. The van der Waals surface area contributed by atoms with E-state index in [1.165, 1.54) is 7.11 Å². The number of ether oxygens (including phenoxy) is 3. The molecule has 0 spiro atoms. The lowest BCUT2D eigenvalue weighted by Gasteiger charge is -2.26. The number of fused-ring (bicyclic) bond motifs is 1. The van der Waals surface area contributed by atoms with Crippen molar-refractivity contribution in [3.63, 3.8) is 0 Å². The number of carbonyl (C=O) groups is 2. The van der Waals surface area contributed by atoms with E-state index in [1.807, 2.05) is 18.3 Å². The molecule has 0 N–H and O–H groups in total. The van der Waals surface area contributed by atoms with Gasteiger partial charge in [-0.3, -0.25) is 9.59 Å². The molecule has 2 heterocycles. The fourth-order valence-corrected chi connectivity index (χ4v) is 3.74. The van der Waals surface area contributed by atoms with Gasteiger partial charge in [-0.1, -0.05) is 18.5 Å². The smallest absolute Gasteiger partial charge is 0.306 e. The Balaban J connectivity index is 1.48. The Labute approximate surface area is 203 Å². The van der Waals surface area contributed by atoms with Gasteiger partial charge < -0.3 is 19.1 Å². The van der Waals surface area contributed by atoms with Crippen LogP contribution in [0.2, 0.25) is 5.02 Å². The Morgan fingerprint density at radius 2 is 1.82 bits per heavy atom. The first-order chi connectivity index (χ1) is 16.2. The zero-order chi connectivity index (χ0) is 24.5. The molecule has 178 valence electrons. The summed E-state index contributed by atoms with van der Waals surface area (Å²) in [6, 6.07) is 12.5. The molecule has 3 aromatic rings. The fourth-order valence-electron chi connectivity index (χ4n) is 3.61. The lowest BCUT2D eigenvalue weighted by molar-refractivity contribution is -0.158. The fraction of sp³-hybridized carbons (Fsp3) is 0.320. The summed E-state index contributed by atoms with van der Waals surface area (Å²) in [6.07, 6.45) is 2.15. The van der Waals surface area contributed by atoms with E-state index in [-0.39, 0.29) is 18.5 Å². The molecule has 1 amide bonds. The van der Waals surface area contributed by atoms with E-state index >= 15 is 0 Å². The number of esters is 1. The van der Waals surface area contributed by atoms with Gasteiger partial charge in [0.2, 0.25) is 0 Å². The Hall–Kier alpha value is -3.52. The third-order valence-electron chi connectivity index (χ3n) is 5.37. The first kappa shape index (κ1) is 23.6. The van der Waals surface area contributed by atoms with E-state index in [9.17, 15) is 9.59 Å². The van der Waals surface area contributed by atoms with Crippen molar-refractivity contribution in [3.05, 3.63) is 64.9 Å². The predicted molar refractivity (Wildman–Crippen MR) is 128 cm³/mol. The van der Waals surface area contributed by atoms with Crippen molar-refractivity contribution in [2.24, 2.45) is 0 Å². The van der Waals surface area contributed by atoms with E-state index in [4.69, 9.17) is 25.8 Å². The molecule has 0 fully saturated rings. The standard InChI is InChI=1S/C25H26ClN3O5/c1-5-22(30)34-25(2,3)15-33-20-11-10-19(12-21(20)32-4)28-13-16-14-29(27-23(16)24(28)31)18-8-6-17(26)7-9-18/h6-12,14H,5,13,15H2,1-4H3.